The Balaban J connectivity index is 2.02. The van der Waals surface area contributed by atoms with E-state index in [-0.39, 0.29) is 0 Å². The lowest BCUT2D eigenvalue weighted by molar-refractivity contribution is 0.146. The summed E-state index contributed by atoms with van der Waals surface area (Å²) in [5.74, 6) is 1.40. The summed E-state index contributed by atoms with van der Waals surface area (Å²) in [5.41, 5.74) is 0. The van der Waals surface area contributed by atoms with Gasteiger partial charge in [0.25, 0.3) is 0 Å². The van der Waals surface area contributed by atoms with Gasteiger partial charge in [-0.25, -0.2) is 4.98 Å². The normalized spacial score (nSPS) is 19.5. The highest BCUT2D eigenvalue weighted by Crippen LogP contribution is 2.36. The van der Waals surface area contributed by atoms with Crippen LogP contribution in [0.3, 0.4) is 0 Å². The van der Waals surface area contributed by atoms with Crippen molar-refractivity contribution in [1.29, 1.82) is 0 Å². The van der Waals surface area contributed by atoms with E-state index in [1.165, 1.54) is 19.2 Å². The van der Waals surface area contributed by atoms with E-state index in [9.17, 15) is 5.11 Å². The van der Waals surface area contributed by atoms with Gasteiger partial charge < -0.3 is 5.11 Å². The third kappa shape index (κ3) is 1.48. The van der Waals surface area contributed by atoms with Crippen LogP contribution in [0.1, 0.15) is 31.2 Å². The zero-order valence-electron chi connectivity index (χ0n) is 7.14. The van der Waals surface area contributed by atoms with Gasteiger partial charge in [-0.2, -0.15) is 5.10 Å². The molecule has 4 heteroatoms. The fourth-order valence-corrected chi connectivity index (χ4v) is 1.38. The van der Waals surface area contributed by atoms with Crippen molar-refractivity contribution in [1.82, 2.24) is 14.8 Å². The minimum absolute atomic E-state index is 0.426. The molecule has 2 rings (SSSR count). The van der Waals surface area contributed by atoms with E-state index in [0.717, 1.165) is 12.3 Å². The average molecular weight is 167 g/mol. The van der Waals surface area contributed by atoms with Crippen LogP contribution in [0.15, 0.2) is 6.33 Å². The Morgan fingerprint density at radius 2 is 2.50 bits per heavy atom. The number of aliphatic hydroxyl groups is 1. The van der Waals surface area contributed by atoms with Crippen molar-refractivity contribution in [3.05, 3.63) is 12.2 Å². The number of hydrogen-bond acceptors (Lipinski definition) is 3. The van der Waals surface area contributed by atoms with E-state index < -0.39 is 6.10 Å². The summed E-state index contributed by atoms with van der Waals surface area (Å²) < 4.78 is 1.63. The standard InChI is InChI=1S/C8H13N3O/c1-11-8(9-5-10-11)7(12)4-6-2-3-6/h5-7,12H,2-4H2,1H3. The molecular weight excluding hydrogens is 154 g/mol. The monoisotopic (exact) mass is 167 g/mol. The Hall–Kier alpha value is -0.900. The number of hydrogen-bond donors (Lipinski definition) is 1. The van der Waals surface area contributed by atoms with Crippen LogP contribution in [0, 0.1) is 5.92 Å². The van der Waals surface area contributed by atoms with Crippen LogP contribution < -0.4 is 0 Å². The second-order valence-electron chi connectivity index (χ2n) is 3.44. The van der Waals surface area contributed by atoms with Gasteiger partial charge in [-0.05, 0) is 12.3 Å². The quantitative estimate of drug-likeness (QED) is 0.719. The van der Waals surface area contributed by atoms with Crippen LogP contribution in [0.2, 0.25) is 0 Å². The summed E-state index contributed by atoms with van der Waals surface area (Å²) in [6.07, 6.45) is 4.41. The van der Waals surface area contributed by atoms with Gasteiger partial charge in [0, 0.05) is 7.05 Å². The first-order chi connectivity index (χ1) is 5.77. The summed E-state index contributed by atoms with van der Waals surface area (Å²) in [5, 5.41) is 13.6. The molecule has 0 aliphatic heterocycles. The fraction of sp³-hybridized carbons (Fsp3) is 0.750. The minimum Gasteiger partial charge on any atom is -0.385 e. The van der Waals surface area contributed by atoms with E-state index in [4.69, 9.17) is 0 Å². The first-order valence-electron chi connectivity index (χ1n) is 4.29. The highest BCUT2D eigenvalue weighted by molar-refractivity contribution is 4.92. The predicted molar refractivity (Wildman–Crippen MR) is 43.3 cm³/mol. The SMILES string of the molecule is Cn1ncnc1C(O)CC1CC1. The van der Waals surface area contributed by atoms with Gasteiger partial charge in [0.05, 0.1) is 0 Å². The molecule has 1 aromatic heterocycles. The Bertz CT molecular complexity index is 267. The van der Waals surface area contributed by atoms with Crippen molar-refractivity contribution in [2.24, 2.45) is 13.0 Å². The molecule has 1 N–H and O–H groups in total. The average Bonchev–Trinajstić information content (AvgIpc) is 2.72. The predicted octanol–water partition coefficient (Wildman–Crippen LogP) is 0.649. The molecule has 1 heterocycles. The molecular formula is C8H13N3O. The maximum Gasteiger partial charge on any atom is 0.155 e. The number of aliphatic hydroxyl groups excluding tert-OH is 1. The molecule has 66 valence electrons. The Morgan fingerprint density at radius 1 is 1.75 bits per heavy atom. The third-order valence-corrected chi connectivity index (χ3v) is 2.30. The summed E-state index contributed by atoms with van der Waals surface area (Å²) in [6.45, 7) is 0. The van der Waals surface area contributed by atoms with Gasteiger partial charge in [0.2, 0.25) is 0 Å². The molecule has 1 aromatic rings. The number of nitrogens with zero attached hydrogens (tertiary/aromatic N) is 3. The fourth-order valence-electron chi connectivity index (χ4n) is 1.38. The molecule has 12 heavy (non-hydrogen) atoms. The van der Waals surface area contributed by atoms with Crippen LogP contribution in [-0.4, -0.2) is 19.9 Å². The van der Waals surface area contributed by atoms with Crippen molar-refractivity contribution < 1.29 is 5.11 Å². The van der Waals surface area contributed by atoms with Crippen LogP contribution >= 0.6 is 0 Å². The molecule has 1 fully saturated rings. The van der Waals surface area contributed by atoms with E-state index in [1.54, 1.807) is 11.7 Å². The molecule has 1 unspecified atom stereocenters. The van der Waals surface area contributed by atoms with Crippen LogP contribution in [0.5, 0.6) is 0 Å². The van der Waals surface area contributed by atoms with Crippen LogP contribution in [-0.2, 0) is 7.05 Å². The van der Waals surface area contributed by atoms with Crippen LogP contribution in [0.25, 0.3) is 0 Å². The molecule has 4 nitrogen and oxygen atoms in total. The molecule has 0 spiro atoms. The van der Waals surface area contributed by atoms with Gasteiger partial charge in [0.15, 0.2) is 5.82 Å². The lowest BCUT2D eigenvalue weighted by atomic mass is 10.2. The molecule has 0 bridgehead atoms. The maximum atomic E-state index is 9.68. The summed E-state index contributed by atoms with van der Waals surface area (Å²) in [4.78, 5) is 4.00. The summed E-state index contributed by atoms with van der Waals surface area (Å²) in [7, 11) is 1.80. The van der Waals surface area contributed by atoms with Crippen molar-refractivity contribution in [2.45, 2.75) is 25.4 Å². The van der Waals surface area contributed by atoms with E-state index >= 15 is 0 Å². The largest absolute Gasteiger partial charge is 0.385 e. The third-order valence-electron chi connectivity index (χ3n) is 2.30. The molecule has 0 saturated heterocycles. The first-order valence-corrected chi connectivity index (χ1v) is 4.29. The molecule has 1 aliphatic rings. The van der Waals surface area contributed by atoms with Crippen molar-refractivity contribution >= 4 is 0 Å². The van der Waals surface area contributed by atoms with Gasteiger partial charge in [-0.15, -0.1) is 0 Å². The smallest absolute Gasteiger partial charge is 0.155 e. The second-order valence-corrected chi connectivity index (χ2v) is 3.44. The number of rotatable bonds is 3. The van der Waals surface area contributed by atoms with Crippen molar-refractivity contribution in [2.75, 3.05) is 0 Å². The molecule has 0 radical (unpaired) electrons. The molecule has 1 saturated carbocycles. The van der Waals surface area contributed by atoms with E-state index in [2.05, 4.69) is 10.1 Å². The minimum atomic E-state index is -0.426. The highest BCUT2D eigenvalue weighted by atomic mass is 16.3. The maximum absolute atomic E-state index is 9.68. The van der Waals surface area contributed by atoms with Gasteiger partial charge >= 0.3 is 0 Å². The van der Waals surface area contributed by atoms with Gasteiger partial charge in [0.1, 0.15) is 12.4 Å². The Kier molecular flexibility index (Phi) is 1.84. The van der Waals surface area contributed by atoms with Gasteiger partial charge in [-0.1, -0.05) is 12.8 Å². The van der Waals surface area contributed by atoms with Crippen molar-refractivity contribution in [3.8, 4) is 0 Å². The molecule has 1 atom stereocenters. The lowest BCUT2D eigenvalue weighted by Crippen LogP contribution is -2.07. The zero-order valence-corrected chi connectivity index (χ0v) is 7.14. The number of aryl methyl sites for hydroxylation is 1. The zero-order chi connectivity index (χ0) is 8.55. The Morgan fingerprint density at radius 3 is 3.00 bits per heavy atom. The number of aromatic nitrogens is 3. The summed E-state index contributed by atoms with van der Waals surface area (Å²) >= 11 is 0. The Labute approximate surface area is 71.2 Å². The summed E-state index contributed by atoms with van der Waals surface area (Å²) in [6, 6.07) is 0. The van der Waals surface area contributed by atoms with Gasteiger partial charge in [-0.3, -0.25) is 4.68 Å². The topological polar surface area (TPSA) is 50.9 Å². The molecule has 0 amide bonds. The highest BCUT2D eigenvalue weighted by Gasteiger charge is 2.26. The lowest BCUT2D eigenvalue weighted by Gasteiger charge is -2.07. The molecule has 1 aliphatic carbocycles. The second kappa shape index (κ2) is 2.86. The first kappa shape index (κ1) is 7.73. The molecule has 0 aromatic carbocycles. The van der Waals surface area contributed by atoms with E-state index in [0.29, 0.717) is 5.82 Å². The van der Waals surface area contributed by atoms with Crippen molar-refractivity contribution in [3.63, 3.8) is 0 Å². The van der Waals surface area contributed by atoms with E-state index in [1.807, 2.05) is 0 Å². The van der Waals surface area contributed by atoms with Crippen LogP contribution in [0.4, 0.5) is 0 Å².